The van der Waals surface area contributed by atoms with Gasteiger partial charge in [0.1, 0.15) is 60.1 Å². The van der Waals surface area contributed by atoms with Crippen LogP contribution >= 0.6 is 0 Å². The molecule has 2 fully saturated rings. The van der Waals surface area contributed by atoms with E-state index in [1.165, 1.54) is 41.7 Å². The van der Waals surface area contributed by atoms with E-state index >= 15 is 0 Å². The number of aromatic nitrogens is 3. The molecule has 0 aliphatic carbocycles. The zero-order valence-electron chi connectivity index (χ0n) is 51.4. The summed E-state index contributed by atoms with van der Waals surface area (Å²) in [4.78, 5) is 167. The third-order valence-electron chi connectivity index (χ3n) is 14.8. The normalized spacial score (nSPS) is 17.0. The smallest absolute Gasteiger partial charge is 0.330 e. The van der Waals surface area contributed by atoms with Crippen molar-refractivity contribution in [1.82, 2.24) is 73.2 Å². The molecule has 9 atom stereocenters. The number of urea groups is 1. The first-order valence-electron chi connectivity index (χ1n) is 29.9. The second-order valence-corrected chi connectivity index (χ2v) is 23.7. The Morgan fingerprint density at radius 3 is 1.95 bits per heavy atom. The Balaban J connectivity index is 1.24. The first-order valence-corrected chi connectivity index (χ1v) is 29.9. The van der Waals surface area contributed by atoms with E-state index in [1.54, 1.807) is 65.1 Å². The van der Waals surface area contributed by atoms with Crippen molar-refractivity contribution in [3.63, 3.8) is 0 Å². The van der Waals surface area contributed by atoms with Crippen molar-refractivity contribution < 1.29 is 67.7 Å². The summed E-state index contributed by atoms with van der Waals surface area (Å²) < 4.78 is 6.03. The number of aromatic hydroxyl groups is 1. The Morgan fingerprint density at radius 2 is 1.33 bits per heavy atom. The Morgan fingerprint density at radius 1 is 0.725 bits per heavy atom. The summed E-state index contributed by atoms with van der Waals surface area (Å²) in [6, 6.07) is -0.716. The fourth-order valence-electron chi connectivity index (χ4n) is 10.2. The number of aromatic amines is 2. The molecule has 2 saturated heterocycles. The van der Waals surface area contributed by atoms with Gasteiger partial charge in [-0.15, -0.1) is 0 Å². The number of hydrogen-bond acceptors (Lipinski definition) is 16. The lowest BCUT2D eigenvalue weighted by atomic mass is 10.0. The fourth-order valence-corrected chi connectivity index (χ4v) is 10.2. The summed E-state index contributed by atoms with van der Waals surface area (Å²) in [6.07, 6.45) is 4.91. The van der Waals surface area contributed by atoms with Crippen molar-refractivity contribution in [1.29, 1.82) is 0 Å². The Kier molecular flexibility index (Phi) is 25.6. The number of aliphatic hydroxyl groups is 1. The van der Waals surface area contributed by atoms with E-state index in [0.29, 0.717) is 34.1 Å². The summed E-state index contributed by atoms with van der Waals surface area (Å²) in [6.45, 7) is 7.28. The van der Waals surface area contributed by atoms with E-state index in [4.69, 9.17) is 21.9 Å². The zero-order chi connectivity index (χ0) is 66.5. The number of para-hydroxylation sites is 1. The van der Waals surface area contributed by atoms with Crippen molar-refractivity contribution in [3.05, 3.63) is 84.1 Å². The molecule has 91 heavy (non-hydrogen) atoms. The van der Waals surface area contributed by atoms with Gasteiger partial charge in [-0.1, -0.05) is 44.2 Å². The van der Waals surface area contributed by atoms with Crippen LogP contribution in [-0.2, 0) is 71.9 Å². The molecule has 32 heteroatoms. The van der Waals surface area contributed by atoms with Crippen LogP contribution in [0.25, 0.3) is 10.9 Å². The first-order chi connectivity index (χ1) is 43.2. The van der Waals surface area contributed by atoms with E-state index in [9.17, 15) is 63.0 Å². The summed E-state index contributed by atoms with van der Waals surface area (Å²) in [5.41, 5.74) is 21.6. The number of nitrogens with one attached hydrogen (secondary N) is 12. The van der Waals surface area contributed by atoms with Crippen molar-refractivity contribution in [3.8, 4) is 5.75 Å². The molecule has 2 aliphatic rings. The molecule has 2 aromatic heterocycles. The maximum Gasteiger partial charge on any atom is 0.330 e. The first kappa shape index (κ1) is 70.2. The largest absolute Gasteiger partial charge is 0.508 e. The molecule has 4 heterocycles. The lowest BCUT2D eigenvalue weighted by Crippen LogP contribution is -2.62. The van der Waals surface area contributed by atoms with Gasteiger partial charge in [-0.3, -0.25) is 58.4 Å². The van der Waals surface area contributed by atoms with Gasteiger partial charge in [0.2, 0.25) is 53.2 Å². The van der Waals surface area contributed by atoms with E-state index in [2.05, 4.69) is 67.9 Å². The van der Waals surface area contributed by atoms with Crippen molar-refractivity contribution in [2.75, 3.05) is 26.3 Å². The van der Waals surface area contributed by atoms with E-state index < -0.39 is 132 Å². The maximum atomic E-state index is 14.8. The molecule has 12 amide bonds. The number of hydrazine groups is 1. The molecule has 494 valence electrons. The van der Waals surface area contributed by atoms with E-state index in [-0.39, 0.29) is 94.4 Å². The molecule has 4 aromatic rings. The number of H-pyrrole nitrogens is 2. The highest BCUT2D eigenvalue weighted by Gasteiger charge is 2.40. The molecule has 2 aromatic carbocycles. The lowest BCUT2D eigenvalue weighted by molar-refractivity contribution is -0.142. The SMILES string of the molecule is CC(C)CC(NC(=O)C(COC(C)(C)C)NC(=O)C(Cc1ccc(O)cc1)NC(=O)C(CO)NC(=O)C(Cc1c[nH]c2ccccc12)NC(=O)C(Cc1cnc[nH]1)NC(=O)[C@@H]1CCC(=O)N1)C(=O)NC(CCCN=C(N)N)C(=O)N1CCC[C@H]1C(=O)NNC(N)=O. The Hall–Kier alpha value is -9.85. The van der Waals surface area contributed by atoms with Crippen molar-refractivity contribution >= 4 is 82.0 Å². The molecule has 0 bridgehead atoms. The topological polar surface area (TPSA) is 496 Å². The highest BCUT2D eigenvalue weighted by molar-refractivity contribution is 5.99. The number of primary amides is 1. The van der Waals surface area contributed by atoms with Crippen LogP contribution in [0.4, 0.5) is 4.79 Å². The van der Waals surface area contributed by atoms with Crippen LogP contribution < -0.4 is 70.6 Å². The minimum Gasteiger partial charge on any atom is -0.508 e. The number of rotatable bonds is 31. The lowest BCUT2D eigenvalue weighted by Gasteiger charge is -2.31. The van der Waals surface area contributed by atoms with Crippen LogP contribution in [0, 0.1) is 5.92 Å². The van der Waals surface area contributed by atoms with Gasteiger partial charge >= 0.3 is 6.03 Å². The average Bonchev–Trinajstić information content (AvgIpc) is 1.85. The molecular formula is C59H84N18O14. The minimum absolute atomic E-state index is 0.00453. The van der Waals surface area contributed by atoms with Crippen molar-refractivity contribution in [2.24, 2.45) is 28.1 Å². The molecule has 2 aliphatic heterocycles. The molecule has 0 saturated carbocycles. The van der Waals surface area contributed by atoms with Crippen LogP contribution in [0.1, 0.15) is 96.4 Å². The third-order valence-corrected chi connectivity index (χ3v) is 14.8. The summed E-state index contributed by atoms with van der Waals surface area (Å²) in [5.74, 6) is -8.58. The molecule has 6 rings (SSSR count). The average molecular weight is 1270 g/mol. The molecular weight excluding hydrogens is 1180 g/mol. The van der Waals surface area contributed by atoms with Gasteiger partial charge in [0.05, 0.1) is 25.1 Å². The Labute approximate surface area is 524 Å². The van der Waals surface area contributed by atoms with Crippen LogP contribution in [0.3, 0.4) is 0 Å². The molecule has 32 nitrogen and oxygen atoms in total. The molecule has 0 radical (unpaired) electrons. The van der Waals surface area contributed by atoms with Crippen LogP contribution in [0.2, 0.25) is 0 Å². The number of aliphatic hydroxyl groups excluding tert-OH is 1. The quantitative estimate of drug-likeness (QED) is 0.0103. The van der Waals surface area contributed by atoms with Gasteiger partial charge in [-0.2, -0.15) is 0 Å². The fraction of sp³-hybridized carbons (Fsp3) is 0.508. The number of benzene rings is 2. The maximum absolute atomic E-state index is 14.8. The number of ether oxygens (including phenoxy) is 1. The van der Waals surface area contributed by atoms with Crippen molar-refractivity contribution in [2.45, 2.75) is 159 Å². The minimum atomic E-state index is -1.80. The number of amides is 12. The molecule has 7 unspecified atom stereocenters. The number of phenolic OH excluding ortho intramolecular Hbond substituents is 1. The van der Waals surface area contributed by atoms with Crippen LogP contribution in [0.5, 0.6) is 5.75 Å². The Bertz CT molecular complexity index is 3240. The monoisotopic (exact) mass is 1270 g/mol. The standard InChI is InChI=1S/C59H84N18O14/c1-31(2)22-40(49(82)68-39(12-8-20-64-57(60)61)56(89)77-21-9-13-46(77)55(88)75-76-58(62)90)69-54(87)45(29-91-59(3,4)5)74-50(83)41(23-32-14-16-35(79)17-15-32)70-53(86)44(28-78)73-51(84)42(24-33-26-65-37-11-7-6-10-36(33)37)71-52(85)43(25-34-27-63-30-66-34)72-48(81)38-18-19-47(80)67-38/h6-7,10-11,14-17,26-27,30-31,38-46,65,78-79H,8-9,12-13,18-25,28-29H2,1-5H3,(H,63,66)(H,67,80)(H,68,82)(H,69,87)(H,70,86)(H,71,85)(H,72,81)(H,73,84)(H,74,83)(H,75,88)(H4,60,61,64)(H3,62,76,90)/t38-,39?,40?,41?,42?,43?,44?,45?,46-/m0/s1. The van der Waals surface area contributed by atoms with Gasteiger partial charge in [0.25, 0.3) is 5.91 Å². The van der Waals surface area contributed by atoms with Gasteiger partial charge in [0.15, 0.2) is 5.96 Å². The van der Waals surface area contributed by atoms with Gasteiger partial charge in [0, 0.05) is 67.8 Å². The van der Waals surface area contributed by atoms with Crippen LogP contribution in [-0.4, -0.2) is 187 Å². The number of phenols is 1. The summed E-state index contributed by atoms with van der Waals surface area (Å²) >= 11 is 0. The number of nitrogens with two attached hydrogens (primary N) is 3. The molecule has 0 spiro atoms. The summed E-state index contributed by atoms with van der Waals surface area (Å²) in [5, 5.41) is 42.8. The number of carbonyl (C=O) groups is 11. The number of fused-ring (bicyclic) bond motifs is 1. The number of carbonyl (C=O) groups excluding carboxylic acids is 11. The second-order valence-electron chi connectivity index (χ2n) is 23.7. The highest BCUT2D eigenvalue weighted by Crippen LogP contribution is 2.22. The van der Waals surface area contributed by atoms with Crippen LogP contribution in [0.15, 0.2) is 72.2 Å². The van der Waals surface area contributed by atoms with Gasteiger partial charge < -0.3 is 89.6 Å². The van der Waals surface area contributed by atoms with E-state index in [0.717, 1.165) is 0 Å². The number of guanidine groups is 1. The number of nitrogens with zero attached hydrogens (tertiary/aromatic N) is 3. The number of aliphatic imine (C=N–C) groups is 1. The van der Waals surface area contributed by atoms with Gasteiger partial charge in [-0.05, 0) is 94.5 Å². The number of hydrogen-bond donors (Lipinski definition) is 17. The number of imidazole rings is 1. The molecule has 20 N–H and O–H groups in total. The number of likely N-dealkylation sites (tertiary alicyclic amines) is 1. The predicted octanol–water partition coefficient (Wildman–Crippen LogP) is -3.11. The predicted molar refractivity (Wildman–Crippen MR) is 329 cm³/mol. The second kappa shape index (κ2) is 33.1. The highest BCUT2D eigenvalue weighted by atomic mass is 16.5. The third kappa shape index (κ3) is 21.7. The van der Waals surface area contributed by atoms with E-state index in [1.807, 2.05) is 5.43 Å². The summed E-state index contributed by atoms with van der Waals surface area (Å²) in [7, 11) is 0. The zero-order valence-corrected chi connectivity index (χ0v) is 51.4. The van der Waals surface area contributed by atoms with Gasteiger partial charge in [-0.25, -0.2) is 15.2 Å².